The Hall–Kier alpha value is -0.800. The molecule has 0 aliphatic heterocycles. The summed E-state index contributed by atoms with van der Waals surface area (Å²) >= 11 is 5.68. The zero-order valence-electron chi connectivity index (χ0n) is 11.1. The van der Waals surface area contributed by atoms with Crippen LogP contribution in [0.25, 0.3) is 0 Å². The van der Waals surface area contributed by atoms with Crippen LogP contribution in [0, 0.1) is 5.82 Å². The van der Waals surface area contributed by atoms with E-state index in [1.807, 2.05) is 0 Å². The highest BCUT2D eigenvalue weighted by molar-refractivity contribution is 6.30. The van der Waals surface area contributed by atoms with Crippen LogP contribution < -0.4 is 10.1 Å². The molecule has 0 aromatic heterocycles. The number of rotatable bonds is 9. The number of hydrogen-bond acceptors (Lipinski definition) is 2. The van der Waals surface area contributed by atoms with E-state index in [2.05, 4.69) is 5.32 Å². The maximum absolute atomic E-state index is 12.9. The quantitative estimate of drug-likeness (QED) is 0.688. The van der Waals surface area contributed by atoms with E-state index in [1.54, 1.807) is 6.07 Å². The average Bonchev–Trinajstić information content (AvgIpc) is 3.21. The van der Waals surface area contributed by atoms with Gasteiger partial charge in [-0.25, -0.2) is 4.39 Å². The molecule has 0 heterocycles. The second-order valence-electron chi connectivity index (χ2n) is 5.07. The predicted octanol–water partition coefficient (Wildman–Crippen LogP) is 4.17. The summed E-state index contributed by atoms with van der Waals surface area (Å²) in [6.07, 6.45) is 7.37. The smallest absolute Gasteiger partial charge is 0.142 e. The van der Waals surface area contributed by atoms with Crippen molar-refractivity contribution in [1.82, 2.24) is 5.32 Å². The first-order valence-electron chi connectivity index (χ1n) is 7.07. The van der Waals surface area contributed by atoms with Crippen LogP contribution in [0.15, 0.2) is 18.2 Å². The molecule has 0 amide bonds. The minimum atomic E-state index is -0.405. The molecule has 0 bridgehead atoms. The van der Waals surface area contributed by atoms with E-state index in [9.17, 15) is 4.39 Å². The Labute approximate surface area is 119 Å². The van der Waals surface area contributed by atoms with Crippen LogP contribution in [-0.2, 0) is 0 Å². The number of benzene rings is 1. The molecule has 0 atom stereocenters. The lowest BCUT2D eigenvalue weighted by Gasteiger charge is -2.07. The van der Waals surface area contributed by atoms with Crippen molar-refractivity contribution in [2.24, 2.45) is 0 Å². The highest BCUT2D eigenvalue weighted by Gasteiger charge is 2.19. The molecule has 0 spiro atoms. The predicted molar refractivity (Wildman–Crippen MR) is 76.4 cm³/mol. The molecule has 2 rings (SSSR count). The van der Waals surface area contributed by atoms with Gasteiger partial charge in [0.25, 0.3) is 0 Å². The number of unbranched alkanes of at least 4 members (excludes halogenated alkanes) is 3. The fourth-order valence-electron chi connectivity index (χ4n) is 1.93. The van der Waals surface area contributed by atoms with Crippen LogP contribution in [0.5, 0.6) is 5.75 Å². The van der Waals surface area contributed by atoms with Gasteiger partial charge in [0.05, 0.1) is 11.6 Å². The number of nitrogens with one attached hydrogen (secondary N) is 1. The van der Waals surface area contributed by atoms with E-state index >= 15 is 0 Å². The van der Waals surface area contributed by atoms with Crippen LogP contribution >= 0.6 is 11.6 Å². The lowest BCUT2D eigenvalue weighted by atomic mass is 10.2. The van der Waals surface area contributed by atoms with Crippen molar-refractivity contribution in [2.45, 2.75) is 44.6 Å². The van der Waals surface area contributed by atoms with E-state index in [1.165, 1.54) is 44.2 Å². The van der Waals surface area contributed by atoms with Gasteiger partial charge in [-0.1, -0.05) is 24.4 Å². The SMILES string of the molecule is Fc1ccc(OCCCCCCNC2CC2)cc1Cl. The summed E-state index contributed by atoms with van der Waals surface area (Å²) in [6, 6.07) is 5.28. The number of hydrogen-bond donors (Lipinski definition) is 1. The third kappa shape index (κ3) is 5.79. The van der Waals surface area contributed by atoms with Crippen molar-refractivity contribution in [3.8, 4) is 5.75 Å². The summed E-state index contributed by atoms with van der Waals surface area (Å²) in [7, 11) is 0. The van der Waals surface area contributed by atoms with Crippen molar-refractivity contribution in [3.63, 3.8) is 0 Å². The Balaban J connectivity index is 1.47. The lowest BCUT2D eigenvalue weighted by Crippen LogP contribution is -2.17. The van der Waals surface area contributed by atoms with Crippen LogP contribution in [0.1, 0.15) is 38.5 Å². The van der Waals surface area contributed by atoms with Gasteiger partial charge in [0.15, 0.2) is 0 Å². The van der Waals surface area contributed by atoms with E-state index in [4.69, 9.17) is 16.3 Å². The maximum Gasteiger partial charge on any atom is 0.142 e. The summed E-state index contributed by atoms with van der Waals surface area (Å²) in [6.45, 7) is 1.80. The summed E-state index contributed by atoms with van der Waals surface area (Å²) < 4.78 is 18.5. The van der Waals surface area contributed by atoms with Crippen molar-refractivity contribution in [3.05, 3.63) is 29.0 Å². The Kier molecular flexibility index (Phi) is 5.93. The highest BCUT2D eigenvalue weighted by Crippen LogP contribution is 2.21. The van der Waals surface area contributed by atoms with Crippen molar-refractivity contribution in [1.29, 1.82) is 0 Å². The Morgan fingerprint density at radius 2 is 2.00 bits per heavy atom. The monoisotopic (exact) mass is 285 g/mol. The molecule has 0 radical (unpaired) electrons. The molecule has 0 saturated heterocycles. The maximum atomic E-state index is 12.9. The molecular formula is C15H21ClFNO. The van der Waals surface area contributed by atoms with Gasteiger partial charge in [-0.3, -0.25) is 0 Å². The topological polar surface area (TPSA) is 21.3 Å². The van der Waals surface area contributed by atoms with Gasteiger partial charge in [-0.2, -0.15) is 0 Å². The Morgan fingerprint density at radius 3 is 2.74 bits per heavy atom. The Morgan fingerprint density at radius 1 is 1.21 bits per heavy atom. The molecule has 1 aliphatic carbocycles. The molecule has 19 heavy (non-hydrogen) atoms. The van der Waals surface area contributed by atoms with Crippen LogP contribution in [-0.4, -0.2) is 19.2 Å². The minimum absolute atomic E-state index is 0.114. The molecule has 1 aromatic rings. The van der Waals surface area contributed by atoms with E-state index in [-0.39, 0.29) is 5.02 Å². The van der Waals surface area contributed by atoms with E-state index < -0.39 is 5.82 Å². The van der Waals surface area contributed by atoms with Crippen LogP contribution in [0.2, 0.25) is 5.02 Å². The summed E-state index contributed by atoms with van der Waals surface area (Å²) in [5.74, 6) is 0.235. The van der Waals surface area contributed by atoms with Gasteiger partial charge >= 0.3 is 0 Å². The lowest BCUT2D eigenvalue weighted by molar-refractivity contribution is 0.304. The molecule has 4 heteroatoms. The third-order valence-electron chi connectivity index (χ3n) is 3.24. The summed E-state index contributed by atoms with van der Waals surface area (Å²) in [5.41, 5.74) is 0. The molecule has 106 valence electrons. The Bertz CT molecular complexity index is 396. The van der Waals surface area contributed by atoms with Gasteiger partial charge in [0.2, 0.25) is 0 Å². The largest absolute Gasteiger partial charge is 0.494 e. The molecule has 1 saturated carbocycles. The molecule has 1 aliphatic rings. The van der Waals surface area contributed by atoms with Gasteiger partial charge in [0, 0.05) is 12.1 Å². The minimum Gasteiger partial charge on any atom is -0.494 e. The molecule has 0 unspecified atom stereocenters. The fraction of sp³-hybridized carbons (Fsp3) is 0.600. The standard InChI is InChI=1S/C15H21ClFNO/c16-14-11-13(7-8-15(14)17)19-10-4-2-1-3-9-18-12-5-6-12/h7-8,11-12,18H,1-6,9-10H2. The van der Waals surface area contributed by atoms with Gasteiger partial charge in [-0.05, 0) is 44.4 Å². The summed E-state index contributed by atoms with van der Waals surface area (Å²) in [4.78, 5) is 0. The fourth-order valence-corrected chi connectivity index (χ4v) is 2.10. The second-order valence-corrected chi connectivity index (χ2v) is 5.47. The van der Waals surface area contributed by atoms with Gasteiger partial charge in [-0.15, -0.1) is 0 Å². The van der Waals surface area contributed by atoms with Crippen molar-refractivity contribution in [2.75, 3.05) is 13.2 Å². The van der Waals surface area contributed by atoms with Gasteiger partial charge < -0.3 is 10.1 Å². The molecule has 1 N–H and O–H groups in total. The number of halogens is 2. The average molecular weight is 286 g/mol. The first-order chi connectivity index (χ1) is 9.25. The first kappa shape index (κ1) is 14.6. The van der Waals surface area contributed by atoms with Crippen LogP contribution in [0.3, 0.4) is 0 Å². The molecule has 2 nitrogen and oxygen atoms in total. The summed E-state index contributed by atoms with van der Waals surface area (Å²) in [5, 5.41) is 3.62. The second kappa shape index (κ2) is 7.71. The normalized spacial score (nSPS) is 14.6. The molecule has 1 aromatic carbocycles. The van der Waals surface area contributed by atoms with E-state index in [0.717, 1.165) is 19.0 Å². The zero-order valence-corrected chi connectivity index (χ0v) is 11.9. The van der Waals surface area contributed by atoms with Crippen LogP contribution in [0.4, 0.5) is 4.39 Å². The highest BCUT2D eigenvalue weighted by atomic mass is 35.5. The molecule has 1 fully saturated rings. The van der Waals surface area contributed by atoms with E-state index in [0.29, 0.717) is 12.4 Å². The van der Waals surface area contributed by atoms with Crippen molar-refractivity contribution >= 4 is 11.6 Å². The zero-order chi connectivity index (χ0) is 13.5. The number of ether oxygens (including phenoxy) is 1. The third-order valence-corrected chi connectivity index (χ3v) is 3.53. The molecular weight excluding hydrogens is 265 g/mol. The van der Waals surface area contributed by atoms with Gasteiger partial charge in [0.1, 0.15) is 11.6 Å². The van der Waals surface area contributed by atoms with Crippen molar-refractivity contribution < 1.29 is 9.13 Å². The first-order valence-corrected chi connectivity index (χ1v) is 7.45.